The Bertz CT molecular complexity index is 220. The lowest BCUT2D eigenvalue weighted by atomic mass is 10.0. The Labute approximate surface area is 88.0 Å². The van der Waals surface area contributed by atoms with Crippen LogP contribution in [0.3, 0.4) is 0 Å². The van der Waals surface area contributed by atoms with E-state index in [1.54, 1.807) is 13.8 Å². The van der Waals surface area contributed by atoms with E-state index in [0.29, 0.717) is 6.54 Å². The van der Waals surface area contributed by atoms with Crippen molar-refractivity contribution < 1.29 is 18.7 Å². The summed E-state index contributed by atoms with van der Waals surface area (Å²) in [4.78, 5) is 11.4. The number of hydrogen-bond acceptors (Lipinski definition) is 3. The lowest BCUT2D eigenvalue weighted by Gasteiger charge is -2.25. The number of carbonyl (C=O) groups is 1. The summed E-state index contributed by atoms with van der Waals surface area (Å²) >= 11 is 0. The molecule has 0 heterocycles. The summed E-state index contributed by atoms with van der Waals surface area (Å²) in [5, 5.41) is 13.2. The van der Waals surface area contributed by atoms with Crippen LogP contribution in [-0.4, -0.2) is 42.2 Å². The number of aliphatic hydroxyl groups excluding tert-OH is 1. The molecule has 6 heteroatoms. The Morgan fingerprint density at radius 3 is 2.33 bits per heavy atom. The highest BCUT2D eigenvalue weighted by Gasteiger charge is 2.32. The Hall–Kier alpha value is -0.750. The monoisotopic (exact) mass is 224 g/mol. The highest BCUT2D eigenvalue weighted by Crippen LogP contribution is 2.10. The second-order valence-electron chi connectivity index (χ2n) is 3.85. The van der Waals surface area contributed by atoms with Crippen molar-refractivity contribution >= 4 is 5.91 Å². The molecule has 0 aromatic heterocycles. The molecule has 0 aliphatic rings. The highest BCUT2D eigenvalue weighted by molar-refractivity contribution is 5.85. The van der Waals surface area contributed by atoms with Crippen molar-refractivity contribution in [1.29, 1.82) is 0 Å². The van der Waals surface area contributed by atoms with Gasteiger partial charge in [-0.05, 0) is 20.4 Å². The molecule has 0 fully saturated rings. The maximum atomic E-state index is 12.6. The molecule has 0 radical (unpaired) electrons. The summed E-state index contributed by atoms with van der Waals surface area (Å²) in [6.07, 6.45) is 0. The third-order valence-electron chi connectivity index (χ3n) is 1.93. The van der Waals surface area contributed by atoms with Crippen LogP contribution >= 0.6 is 0 Å². The molecular weight excluding hydrogens is 206 g/mol. The van der Waals surface area contributed by atoms with Crippen molar-refractivity contribution in [3.63, 3.8) is 0 Å². The van der Waals surface area contributed by atoms with E-state index in [4.69, 9.17) is 5.11 Å². The molecule has 0 rings (SSSR count). The van der Waals surface area contributed by atoms with E-state index in [0.717, 1.165) is 0 Å². The molecule has 0 aromatic carbocycles. The van der Waals surface area contributed by atoms with Crippen molar-refractivity contribution in [2.24, 2.45) is 0 Å². The van der Waals surface area contributed by atoms with Crippen LogP contribution in [0.1, 0.15) is 20.8 Å². The third kappa shape index (κ3) is 5.03. The second-order valence-corrected chi connectivity index (χ2v) is 3.85. The maximum absolute atomic E-state index is 12.6. The van der Waals surface area contributed by atoms with Gasteiger partial charge in [-0.25, -0.2) is 8.78 Å². The van der Waals surface area contributed by atoms with Gasteiger partial charge in [-0.3, -0.25) is 4.79 Å². The van der Waals surface area contributed by atoms with E-state index in [1.807, 2.05) is 6.92 Å². The molecule has 0 saturated heterocycles. The summed E-state index contributed by atoms with van der Waals surface area (Å²) in [5.74, 6) is -3.78. The normalized spacial score (nSPS) is 12.7. The predicted octanol–water partition coefficient (Wildman–Crippen LogP) is 0.118. The number of alkyl halides is 2. The topological polar surface area (TPSA) is 61.4 Å². The molecule has 15 heavy (non-hydrogen) atoms. The third-order valence-corrected chi connectivity index (χ3v) is 1.93. The van der Waals surface area contributed by atoms with Gasteiger partial charge in [0.05, 0.1) is 12.1 Å². The molecule has 0 aliphatic heterocycles. The molecule has 90 valence electrons. The number of rotatable bonds is 6. The summed E-state index contributed by atoms with van der Waals surface area (Å²) in [7, 11) is 0. The van der Waals surface area contributed by atoms with Crippen LogP contribution < -0.4 is 10.6 Å². The van der Waals surface area contributed by atoms with Gasteiger partial charge in [0.25, 0.3) is 5.92 Å². The molecule has 0 spiro atoms. The number of halogens is 2. The number of nitrogens with one attached hydrogen (secondary N) is 2. The van der Waals surface area contributed by atoms with Gasteiger partial charge in [-0.2, -0.15) is 0 Å². The predicted molar refractivity (Wildman–Crippen MR) is 52.8 cm³/mol. The fourth-order valence-electron chi connectivity index (χ4n) is 1.01. The molecule has 0 atom stereocenters. The maximum Gasteiger partial charge on any atom is 0.287 e. The molecule has 0 unspecified atom stereocenters. The molecule has 0 bridgehead atoms. The van der Waals surface area contributed by atoms with Gasteiger partial charge in [0.15, 0.2) is 0 Å². The lowest BCUT2D eigenvalue weighted by molar-refractivity contribution is -0.129. The molecule has 0 aromatic rings. The van der Waals surface area contributed by atoms with E-state index in [-0.39, 0.29) is 0 Å². The Balaban J connectivity index is 4.14. The van der Waals surface area contributed by atoms with E-state index < -0.39 is 30.5 Å². The van der Waals surface area contributed by atoms with Gasteiger partial charge in [0.2, 0.25) is 5.91 Å². The first kappa shape index (κ1) is 14.2. The summed E-state index contributed by atoms with van der Waals surface area (Å²) < 4.78 is 25.2. The fraction of sp³-hybridized carbons (Fsp3) is 0.889. The van der Waals surface area contributed by atoms with E-state index in [9.17, 15) is 13.6 Å². The average molecular weight is 224 g/mol. The quantitative estimate of drug-likeness (QED) is 0.600. The number of amides is 1. The number of likely N-dealkylation sites (N-methyl/N-ethyl adjacent to an activating group) is 1. The fourth-order valence-corrected chi connectivity index (χ4v) is 1.01. The smallest absolute Gasteiger partial charge is 0.287 e. The standard InChI is InChI=1S/C9H18F2N2O2/c1-4-13-8(2,3)7(15)12-5-9(10,11)6-14/h13-14H,4-6H2,1-3H3,(H,12,15). The molecular formula is C9H18F2N2O2. The molecule has 0 aliphatic carbocycles. The molecule has 4 nitrogen and oxygen atoms in total. The zero-order valence-electron chi connectivity index (χ0n) is 9.23. The summed E-state index contributed by atoms with van der Waals surface area (Å²) in [5.41, 5.74) is -0.889. The van der Waals surface area contributed by atoms with Gasteiger partial charge in [0, 0.05) is 0 Å². The first-order valence-electron chi connectivity index (χ1n) is 4.77. The van der Waals surface area contributed by atoms with Crippen LogP contribution in [0.5, 0.6) is 0 Å². The largest absolute Gasteiger partial charge is 0.390 e. The second kappa shape index (κ2) is 5.37. The minimum Gasteiger partial charge on any atom is -0.390 e. The van der Waals surface area contributed by atoms with Gasteiger partial charge in [-0.1, -0.05) is 6.92 Å². The van der Waals surface area contributed by atoms with E-state index >= 15 is 0 Å². The van der Waals surface area contributed by atoms with Crippen molar-refractivity contribution in [1.82, 2.24) is 10.6 Å². The van der Waals surface area contributed by atoms with Gasteiger partial charge in [-0.15, -0.1) is 0 Å². The molecule has 0 saturated carbocycles. The van der Waals surface area contributed by atoms with E-state index in [1.165, 1.54) is 0 Å². The SMILES string of the molecule is CCNC(C)(C)C(=O)NCC(F)(F)CO. The zero-order chi connectivity index (χ0) is 12.1. The van der Waals surface area contributed by atoms with Crippen LogP contribution in [0.2, 0.25) is 0 Å². The Morgan fingerprint density at radius 2 is 1.93 bits per heavy atom. The summed E-state index contributed by atoms with van der Waals surface area (Å²) in [6.45, 7) is 3.46. The summed E-state index contributed by atoms with van der Waals surface area (Å²) in [6, 6.07) is 0. The first-order chi connectivity index (χ1) is 6.75. The highest BCUT2D eigenvalue weighted by atomic mass is 19.3. The number of carbonyl (C=O) groups excluding carboxylic acids is 1. The van der Waals surface area contributed by atoms with Crippen molar-refractivity contribution in [2.75, 3.05) is 19.7 Å². The molecule has 3 N–H and O–H groups in total. The van der Waals surface area contributed by atoms with Crippen LogP contribution in [0.4, 0.5) is 8.78 Å². The van der Waals surface area contributed by atoms with Crippen LogP contribution in [0, 0.1) is 0 Å². The lowest BCUT2D eigenvalue weighted by Crippen LogP contribution is -2.54. The first-order valence-corrected chi connectivity index (χ1v) is 4.77. The van der Waals surface area contributed by atoms with Crippen molar-refractivity contribution in [3.8, 4) is 0 Å². The van der Waals surface area contributed by atoms with E-state index in [2.05, 4.69) is 10.6 Å². The molecule has 1 amide bonds. The number of hydrogen-bond donors (Lipinski definition) is 3. The van der Waals surface area contributed by atoms with Crippen LogP contribution in [0.15, 0.2) is 0 Å². The minimum atomic E-state index is -3.27. The Morgan fingerprint density at radius 1 is 1.40 bits per heavy atom. The van der Waals surface area contributed by atoms with Crippen LogP contribution in [0.25, 0.3) is 0 Å². The van der Waals surface area contributed by atoms with Gasteiger partial charge < -0.3 is 15.7 Å². The minimum absolute atomic E-state index is 0.516. The van der Waals surface area contributed by atoms with Gasteiger partial charge >= 0.3 is 0 Å². The number of aliphatic hydroxyl groups is 1. The van der Waals surface area contributed by atoms with Gasteiger partial charge in [0.1, 0.15) is 6.61 Å². The van der Waals surface area contributed by atoms with Crippen LogP contribution in [-0.2, 0) is 4.79 Å². The Kier molecular flexibility index (Phi) is 5.10. The average Bonchev–Trinajstić information content (AvgIpc) is 2.14. The van der Waals surface area contributed by atoms with Crippen molar-refractivity contribution in [2.45, 2.75) is 32.2 Å². The zero-order valence-corrected chi connectivity index (χ0v) is 9.23. The van der Waals surface area contributed by atoms with Crippen molar-refractivity contribution in [3.05, 3.63) is 0 Å².